The number of carbonyl (C=O) groups excluding carboxylic acids is 4. The monoisotopic (exact) mass is 814 g/mol. The van der Waals surface area contributed by atoms with Crippen LogP contribution in [0.15, 0.2) is 73.8 Å². The lowest BCUT2D eigenvalue weighted by atomic mass is 10.1. The molecule has 314 valence electrons. The summed E-state index contributed by atoms with van der Waals surface area (Å²) in [5.41, 5.74) is -0.355. The van der Waals surface area contributed by atoms with E-state index in [1.807, 2.05) is 0 Å². The van der Waals surface area contributed by atoms with E-state index in [2.05, 4.69) is 22.6 Å². The Kier molecular flexibility index (Phi) is 21.2. The average molecular weight is 815 g/mol. The average Bonchev–Trinajstić information content (AvgIpc) is 3.24. The number of hydrogen-bond donors (Lipinski definition) is 0. The zero-order valence-electron chi connectivity index (χ0n) is 32.5. The number of benzene rings is 3. The molecule has 0 unspecified atom stereocenters. The number of esters is 4. The van der Waals surface area contributed by atoms with Crippen molar-refractivity contribution in [3.05, 3.63) is 108 Å². The molecule has 0 aromatic heterocycles. The van der Waals surface area contributed by atoms with Crippen LogP contribution in [0.3, 0.4) is 0 Å². The smallest absolute Gasteiger partial charge is 0.343 e. The fourth-order valence-electron chi connectivity index (χ4n) is 5.47. The van der Waals surface area contributed by atoms with Gasteiger partial charge in [-0.1, -0.05) is 77.4 Å². The first kappa shape index (κ1) is 46.7. The molecule has 3 aromatic carbocycles. The minimum Gasteiger partial charge on any atom is -0.494 e. The van der Waals surface area contributed by atoms with E-state index in [1.54, 1.807) is 0 Å². The van der Waals surface area contributed by atoms with E-state index in [-0.39, 0.29) is 11.1 Å². The summed E-state index contributed by atoms with van der Waals surface area (Å²) in [6, 6.07) is 10.8. The zero-order chi connectivity index (χ0) is 42.1. The SMILES string of the molecule is C=CC(=O)OCCCCCCCCCOc1ccc(C(=O)Oc2c(F)c(F)c(OC(=O)c3ccc(OCCCCCCCCCOC(=O)C=C)cc3)c(F)c2F)cc1. The maximum Gasteiger partial charge on any atom is 0.343 e. The standard InChI is InChI=1S/C44H50F4O10/c1-3-35(49)55-29-17-13-9-5-7-11-15-27-53-33-23-19-31(20-24-33)43(51)57-41-37(45)39(47)42(40(48)38(41)46)58-44(52)32-21-25-34(26-22-32)54-28-16-12-8-6-10-14-18-30-56-36(50)4-2/h3-4,19-26H,1-2,5-18,27-30H2. The summed E-state index contributed by atoms with van der Waals surface area (Å²) in [7, 11) is 0. The number of halogens is 4. The minimum atomic E-state index is -2.07. The van der Waals surface area contributed by atoms with Crippen LogP contribution in [0.5, 0.6) is 23.0 Å². The summed E-state index contributed by atoms with van der Waals surface area (Å²) < 4.78 is 90.2. The summed E-state index contributed by atoms with van der Waals surface area (Å²) in [5, 5.41) is 0. The molecule has 3 aromatic rings. The highest BCUT2D eigenvalue weighted by Gasteiger charge is 2.31. The minimum absolute atomic E-state index is 0.178. The van der Waals surface area contributed by atoms with E-state index in [0.717, 1.165) is 102 Å². The molecule has 0 bridgehead atoms. The first-order chi connectivity index (χ1) is 28.0. The second-order valence-electron chi connectivity index (χ2n) is 13.1. The third-order valence-corrected chi connectivity index (χ3v) is 8.69. The van der Waals surface area contributed by atoms with Gasteiger partial charge in [0, 0.05) is 12.2 Å². The Balaban J connectivity index is 1.39. The summed E-state index contributed by atoms with van der Waals surface area (Å²) in [6.07, 6.45) is 15.3. The maximum absolute atomic E-state index is 14.9. The second-order valence-corrected chi connectivity index (χ2v) is 13.1. The fourth-order valence-corrected chi connectivity index (χ4v) is 5.47. The zero-order valence-corrected chi connectivity index (χ0v) is 32.5. The van der Waals surface area contributed by atoms with Crippen LogP contribution in [-0.4, -0.2) is 50.3 Å². The van der Waals surface area contributed by atoms with Gasteiger partial charge in [0.15, 0.2) is 0 Å². The molecule has 0 fully saturated rings. The van der Waals surface area contributed by atoms with Gasteiger partial charge in [-0.15, -0.1) is 0 Å². The molecule has 14 heteroatoms. The molecular formula is C44H50F4O10. The van der Waals surface area contributed by atoms with Crippen LogP contribution in [0.25, 0.3) is 0 Å². The Morgan fingerprint density at radius 3 is 1.00 bits per heavy atom. The Labute approximate surface area is 336 Å². The highest BCUT2D eigenvalue weighted by molar-refractivity contribution is 5.92. The molecule has 0 spiro atoms. The Hall–Kier alpha value is -5.66. The molecule has 0 atom stereocenters. The van der Waals surface area contributed by atoms with Crippen LogP contribution in [-0.2, 0) is 19.1 Å². The molecule has 10 nitrogen and oxygen atoms in total. The highest BCUT2D eigenvalue weighted by atomic mass is 19.2. The lowest BCUT2D eigenvalue weighted by molar-refractivity contribution is -0.138. The fraction of sp³-hybridized carbons (Fsp3) is 0.409. The van der Waals surface area contributed by atoms with Crippen LogP contribution in [0.1, 0.15) is 111 Å². The largest absolute Gasteiger partial charge is 0.494 e. The van der Waals surface area contributed by atoms with Crippen molar-refractivity contribution < 1.29 is 65.2 Å². The van der Waals surface area contributed by atoms with Gasteiger partial charge in [0.05, 0.1) is 37.6 Å². The molecule has 0 saturated carbocycles. The maximum atomic E-state index is 14.9. The van der Waals surface area contributed by atoms with Crippen LogP contribution in [0.4, 0.5) is 17.6 Å². The van der Waals surface area contributed by atoms with E-state index in [4.69, 9.17) is 18.9 Å². The summed E-state index contributed by atoms with van der Waals surface area (Å²) in [6.45, 7) is 8.28. The van der Waals surface area contributed by atoms with Crippen molar-refractivity contribution in [3.63, 3.8) is 0 Å². The first-order valence-corrected chi connectivity index (χ1v) is 19.4. The predicted octanol–water partition coefficient (Wildman–Crippen LogP) is 10.4. The van der Waals surface area contributed by atoms with Crippen molar-refractivity contribution in [1.82, 2.24) is 0 Å². The van der Waals surface area contributed by atoms with Gasteiger partial charge in [-0.25, -0.2) is 19.2 Å². The number of hydrogen-bond acceptors (Lipinski definition) is 10. The van der Waals surface area contributed by atoms with Crippen LogP contribution in [0, 0.1) is 23.3 Å². The first-order valence-electron chi connectivity index (χ1n) is 19.4. The van der Waals surface area contributed by atoms with E-state index in [0.29, 0.717) is 37.9 Å². The number of carbonyl (C=O) groups is 4. The second kappa shape index (κ2) is 26.3. The van der Waals surface area contributed by atoms with Crippen molar-refractivity contribution in [1.29, 1.82) is 0 Å². The number of unbranched alkanes of at least 4 members (excludes halogenated alkanes) is 12. The van der Waals surface area contributed by atoms with Gasteiger partial charge in [0.2, 0.25) is 34.8 Å². The lowest BCUT2D eigenvalue weighted by Gasteiger charge is -2.13. The third-order valence-electron chi connectivity index (χ3n) is 8.69. The van der Waals surface area contributed by atoms with Crippen LogP contribution < -0.4 is 18.9 Å². The molecule has 3 rings (SSSR count). The lowest BCUT2D eigenvalue weighted by Crippen LogP contribution is -2.16. The van der Waals surface area contributed by atoms with E-state index in [9.17, 15) is 36.7 Å². The van der Waals surface area contributed by atoms with Gasteiger partial charge in [-0.2, -0.15) is 17.6 Å². The van der Waals surface area contributed by atoms with Crippen LogP contribution >= 0.6 is 0 Å². The molecule has 0 N–H and O–H groups in total. The van der Waals surface area contributed by atoms with Crippen molar-refractivity contribution in [3.8, 4) is 23.0 Å². The van der Waals surface area contributed by atoms with Gasteiger partial charge in [-0.05, 0) is 74.2 Å². The quantitative estimate of drug-likeness (QED) is 0.0175. The molecule has 0 aliphatic rings. The molecule has 0 saturated heterocycles. The molecule has 58 heavy (non-hydrogen) atoms. The van der Waals surface area contributed by atoms with Crippen molar-refractivity contribution in [2.75, 3.05) is 26.4 Å². The van der Waals surface area contributed by atoms with Gasteiger partial charge in [-0.3, -0.25) is 0 Å². The van der Waals surface area contributed by atoms with Crippen molar-refractivity contribution >= 4 is 23.9 Å². The predicted molar refractivity (Wildman–Crippen MR) is 207 cm³/mol. The topological polar surface area (TPSA) is 124 Å². The number of rotatable bonds is 28. The summed E-state index contributed by atoms with van der Waals surface area (Å²) in [5.74, 6) is -14.2. The van der Waals surface area contributed by atoms with Gasteiger partial charge >= 0.3 is 23.9 Å². The molecular weight excluding hydrogens is 764 g/mol. The molecule has 0 amide bonds. The Morgan fingerprint density at radius 1 is 0.431 bits per heavy atom. The third kappa shape index (κ3) is 16.4. The highest BCUT2D eigenvalue weighted by Crippen LogP contribution is 2.35. The molecule has 0 aliphatic carbocycles. The summed E-state index contributed by atoms with van der Waals surface area (Å²) in [4.78, 5) is 47.3. The molecule has 0 radical (unpaired) electrons. The van der Waals surface area contributed by atoms with E-state index >= 15 is 0 Å². The number of ether oxygens (including phenoxy) is 6. The normalized spacial score (nSPS) is 10.7. The summed E-state index contributed by atoms with van der Waals surface area (Å²) >= 11 is 0. The molecule has 0 heterocycles. The Bertz CT molecular complexity index is 1640. The van der Waals surface area contributed by atoms with Crippen LogP contribution in [0.2, 0.25) is 0 Å². The van der Waals surface area contributed by atoms with Crippen molar-refractivity contribution in [2.24, 2.45) is 0 Å². The van der Waals surface area contributed by atoms with Gasteiger partial charge in [0.25, 0.3) is 0 Å². The van der Waals surface area contributed by atoms with E-state index < -0.39 is 58.6 Å². The van der Waals surface area contributed by atoms with Gasteiger partial charge in [0.1, 0.15) is 11.5 Å². The van der Waals surface area contributed by atoms with E-state index in [1.165, 1.54) is 48.5 Å². The van der Waals surface area contributed by atoms with Crippen molar-refractivity contribution in [2.45, 2.75) is 89.9 Å². The molecule has 0 aliphatic heterocycles. The van der Waals surface area contributed by atoms with Gasteiger partial charge < -0.3 is 28.4 Å². The Morgan fingerprint density at radius 2 is 0.707 bits per heavy atom.